The van der Waals surface area contributed by atoms with Gasteiger partial charge < -0.3 is 14.6 Å². The first kappa shape index (κ1) is 12.7. The molecule has 1 heterocycles. The van der Waals surface area contributed by atoms with Crippen LogP contribution in [0.2, 0.25) is 5.02 Å². The molecule has 1 aromatic carbocycles. The van der Waals surface area contributed by atoms with Crippen molar-refractivity contribution in [2.24, 2.45) is 5.92 Å². The third-order valence-corrected chi connectivity index (χ3v) is 3.23. The van der Waals surface area contributed by atoms with Crippen LogP contribution in [0.15, 0.2) is 18.2 Å². The highest BCUT2D eigenvalue weighted by atomic mass is 35.5. The summed E-state index contributed by atoms with van der Waals surface area (Å²) in [5, 5.41) is 9.97. The van der Waals surface area contributed by atoms with Crippen LogP contribution in [0.5, 0.6) is 5.75 Å². The van der Waals surface area contributed by atoms with Gasteiger partial charge >= 0.3 is 0 Å². The lowest BCUT2D eigenvalue weighted by Gasteiger charge is -2.13. The fourth-order valence-electron chi connectivity index (χ4n) is 1.82. The minimum absolute atomic E-state index is 0.461. The molecule has 1 aromatic rings. The highest BCUT2D eigenvalue weighted by Crippen LogP contribution is 2.28. The molecule has 0 bridgehead atoms. The first-order valence-corrected chi connectivity index (χ1v) is 6.22. The molecule has 2 atom stereocenters. The predicted octanol–water partition coefficient (Wildman–Crippen LogP) is 2.81. The molecule has 0 saturated carbocycles. The predicted molar refractivity (Wildman–Crippen MR) is 66.5 cm³/mol. The third kappa shape index (κ3) is 3.35. The van der Waals surface area contributed by atoms with E-state index in [0.717, 1.165) is 25.2 Å². The maximum absolute atomic E-state index is 9.43. The maximum Gasteiger partial charge on any atom is 0.137 e. The highest BCUT2D eigenvalue weighted by Gasteiger charge is 2.17. The Hall–Kier alpha value is -0.770. The summed E-state index contributed by atoms with van der Waals surface area (Å²) in [4.78, 5) is 0. The summed E-state index contributed by atoms with van der Waals surface area (Å²) in [6.45, 7) is 3.93. The quantitative estimate of drug-likeness (QED) is 0.900. The lowest BCUT2D eigenvalue weighted by molar-refractivity contribution is 0.167. The van der Waals surface area contributed by atoms with Gasteiger partial charge in [0.15, 0.2) is 0 Å². The summed E-state index contributed by atoms with van der Waals surface area (Å²) in [7, 11) is 0. The van der Waals surface area contributed by atoms with Crippen molar-refractivity contribution in [1.29, 1.82) is 0 Å². The Balaban J connectivity index is 1.96. The van der Waals surface area contributed by atoms with Crippen LogP contribution in [-0.2, 0) is 4.74 Å². The molecule has 1 aliphatic heterocycles. The number of rotatable bonds is 4. The number of hydrogen-bond acceptors (Lipinski definition) is 3. The molecule has 17 heavy (non-hydrogen) atoms. The molecule has 1 aliphatic rings. The minimum atomic E-state index is -0.509. The van der Waals surface area contributed by atoms with E-state index in [0.29, 0.717) is 23.3 Å². The van der Waals surface area contributed by atoms with E-state index in [4.69, 9.17) is 21.1 Å². The molecule has 0 aliphatic carbocycles. The number of halogens is 1. The SMILES string of the molecule is C[C@H](O)c1ccc(OCC2CCOC2)c(Cl)c1. The van der Waals surface area contributed by atoms with Crippen LogP contribution in [0.3, 0.4) is 0 Å². The summed E-state index contributed by atoms with van der Waals surface area (Å²) in [5.41, 5.74) is 0.798. The Labute approximate surface area is 106 Å². The fraction of sp³-hybridized carbons (Fsp3) is 0.538. The maximum atomic E-state index is 9.43. The second kappa shape index (κ2) is 5.71. The van der Waals surface area contributed by atoms with Crippen molar-refractivity contribution in [3.8, 4) is 5.75 Å². The zero-order valence-electron chi connectivity index (χ0n) is 9.86. The van der Waals surface area contributed by atoms with Crippen LogP contribution in [-0.4, -0.2) is 24.9 Å². The van der Waals surface area contributed by atoms with Crippen LogP contribution < -0.4 is 4.74 Å². The van der Waals surface area contributed by atoms with Crippen molar-refractivity contribution in [2.75, 3.05) is 19.8 Å². The molecule has 3 nitrogen and oxygen atoms in total. The normalized spacial score (nSPS) is 21.5. The summed E-state index contributed by atoms with van der Waals surface area (Å²) >= 11 is 6.09. The Kier molecular flexibility index (Phi) is 4.26. The lowest BCUT2D eigenvalue weighted by Crippen LogP contribution is -2.11. The van der Waals surface area contributed by atoms with Crippen molar-refractivity contribution < 1.29 is 14.6 Å². The number of aliphatic hydroxyl groups is 1. The van der Waals surface area contributed by atoms with Crippen molar-refractivity contribution >= 4 is 11.6 Å². The van der Waals surface area contributed by atoms with Crippen LogP contribution in [0, 0.1) is 5.92 Å². The van der Waals surface area contributed by atoms with Gasteiger partial charge in [0.2, 0.25) is 0 Å². The third-order valence-electron chi connectivity index (χ3n) is 2.94. The molecule has 0 amide bonds. The Morgan fingerprint density at radius 2 is 2.41 bits per heavy atom. The fourth-order valence-corrected chi connectivity index (χ4v) is 2.06. The molecule has 94 valence electrons. The van der Waals surface area contributed by atoms with Gasteiger partial charge in [-0.05, 0) is 31.0 Å². The van der Waals surface area contributed by atoms with E-state index in [9.17, 15) is 5.11 Å². The summed E-state index contributed by atoms with van der Waals surface area (Å²) in [6.07, 6.45) is 0.536. The van der Waals surface area contributed by atoms with Crippen molar-refractivity contribution in [3.63, 3.8) is 0 Å². The Morgan fingerprint density at radius 3 is 3.00 bits per heavy atom. The van der Waals surface area contributed by atoms with Gasteiger partial charge in [0.05, 0.1) is 24.3 Å². The van der Waals surface area contributed by atoms with Gasteiger partial charge in [0, 0.05) is 12.5 Å². The molecule has 1 N–H and O–H groups in total. The second-order valence-corrected chi connectivity index (χ2v) is 4.81. The molecule has 0 aromatic heterocycles. The number of hydrogen-bond donors (Lipinski definition) is 1. The first-order chi connectivity index (χ1) is 8.16. The molecule has 0 spiro atoms. The molecule has 1 saturated heterocycles. The van der Waals surface area contributed by atoms with E-state index in [-0.39, 0.29) is 0 Å². The van der Waals surface area contributed by atoms with Crippen LogP contribution in [0.25, 0.3) is 0 Å². The number of ether oxygens (including phenoxy) is 2. The molecule has 1 fully saturated rings. The van der Waals surface area contributed by atoms with Gasteiger partial charge in [0.25, 0.3) is 0 Å². The average molecular weight is 257 g/mol. The summed E-state index contributed by atoms with van der Waals surface area (Å²) in [5.74, 6) is 1.13. The first-order valence-electron chi connectivity index (χ1n) is 5.85. The average Bonchev–Trinajstić information content (AvgIpc) is 2.80. The number of benzene rings is 1. The second-order valence-electron chi connectivity index (χ2n) is 4.41. The van der Waals surface area contributed by atoms with Crippen LogP contribution in [0.1, 0.15) is 25.0 Å². The van der Waals surface area contributed by atoms with Gasteiger partial charge in [-0.2, -0.15) is 0 Å². The molecule has 1 unspecified atom stereocenters. The van der Waals surface area contributed by atoms with Crippen LogP contribution in [0.4, 0.5) is 0 Å². The highest BCUT2D eigenvalue weighted by molar-refractivity contribution is 6.32. The smallest absolute Gasteiger partial charge is 0.137 e. The lowest BCUT2D eigenvalue weighted by atomic mass is 10.1. The van der Waals surface area contributed by atoms with Crippen LogP contribution >= 0.6 is 11.6 Å². The van der Waals surface area contributed by atoms with Gasteiger partial charge in [-0.3, -0.25) is 0 Å². The van der Waals surface area contributed by atoms with E-state index in [1.807, 2.05) is 6.07 Å². The Bertz CT molecular complexity index is 373. The monoisotopic (exact) mass is 256 g/mol. The topological polar surface area (TPSA) is 38.7 Å². The summed E-state index contributed by atoms with van der Waals surface area (Å²) < 4.78 is 10.9. The van der Waals surface area contributed by atoms with E-state index in [1.165, 1.54) is 0 Å². The molecule has 4 heteroatoms. The molecule has 0 radical (unpaired) electrons. The van der Waals surface area contributed by atoms with Gasteiger partial charge in [-0.1, -0.05) is 17.7 Å². The van der Waals surface area contributed by atoms with Gasteiger partial charge in [-0.25, -0.2) is 0 Å². The number of aliphatic hydroxyl groups excluding tert-OH is 1. The minimum Gasteiger partial charge on any atom is -0.492 e. The van der Waals surface area contributed by atoms with E-state index in [1.54, 1.807) is 19.1 Å². The van der Waals surface area contributed by atoms with Crippen molar-refractivity contribution in [3.05, 3.63) is 28.8 Å². The van der Waals surface area contributed by atoms with Crippen molar-refractivity contribution in [1.82, 2.24) is 0 Å². The zero-order chi connectivity index (χ0) is 12.3. The Morgan fingerprint density at radius 1 is 1.59 bits per heavy atom. The van der Waals surface area contributed by atoms with Gasteiger partial charge in [0.1, 0.15) is 5.75 Å². The van der Waals surface area contributed by atoms with E-state index in [2.05, 4.69) is 0 Å². The van der Waals surface area contributed by atoms with Gasteiger partial charge in [-0.15, -0.1) is 0 Å². The standard InChI is InChI=1S/C13H17ClO3/c1-9(15)11-2-3-13(12(14)6-11)17-8-10-4-5-16-7-10/h2-3,6,9-10,15H,4-5,7-8H2,1H3/t9-,10?/m0/s1. The molecular formula is C13H17ClO3. The summed E-state index contributed by atoms with van der Waals surface area (Å²) in [6, 6.07) is 5.38. The van der Waals surface area contributed by atoms with E-state index >= 15 is 0 Å². The molecular weight excluding hydrogens is 240 g/mol. The zero-order valence-corrected chi connectivity index (χ0v) is 10.6. The molecule has 2 rings (SSSR count). The largest absolute Gasteiger partial charge is 0.492 e. The van der Waals surface area contributed by atoms with Crippen molar-refractivity contribution in [2.45, 2.75) is 19.4 Å². The van der Waals surface area contributed by atoms with E-state index < -0.39 is 6.10 Å².